The van der Waals surface area contributed by atoms with Crippen molar-refractivity contribution in [2.75, 3.05) is 4.90 Å². The van der Waals surface area contributed by atoms with E-state index in [9.17, 15) is 0 Å². The molecule has 0 bridgehead atoms. The largest absolute Gasteiger partial charge is 0.309 e. The highest BCUT2D eigenvalue weighted by atomic mass is 28.3. The molecule has 0 saturated carbocycles. The van der Waals surface area contributed by atoms with Crippen LogP contribution in [0, 0.1) is 0 Å². The Morgan fingerprint density at radius 2 is 0.633 bits per heavy atom. The SMILES string of the molecule is c1ccc(-c2ccc(N(c3ccc([Si](c4ccccc4)(c4ccccc4)c4ccc5ccccc5c4)cc3)c3c(-c4ccccc4)cccc3-c3ccccc3)cc2)cc1. The van der Waals surface area contributed by atoms with Crippen LogP contribution in [0.25, 0.3) is 44.2 Å². The van der Waals surface area contributed by atoms with Crippen LogP contribution in [0.5, 0.6) is 0 Å². The van der Waals surface area contributed by atoms with Crippen LogP contribution in [0.4, 0.5) is 17.1 Å². The van der Waals surface area contributed by atoms with Gasteiger partial charge in [0.1, 0.15) is 0 Å². The van der Waals surface area contributed by atoms with Gasteiger partial charge in [0.15, 0.2) is 8.07 Å². The molecule has 10 aromatic carbocycles. The van der Waals surface area contributed by atoms with Gasteiger partial charge in [-0.1, -0.05) is 237 Å². The van der Waals surface area contributed by atoms with Crippen molar-refractivity contribution in [1.82, 2.24) is 0 Å². The van der Waals surface area contributed by atoms with Gasteiger partial charge in [0.05, 0.1) is 5.69 Å². The number of anilines is 3. The van der Waals surface area contributed by atoms with E-state index in [1.165, 1.54) is 64.9 Å². The third-order valence-corrected chi connectivity index (χ3v) is 16.6. The topological polar surface area (TPSA) is 3.24 Å². The second-order valence-electron chi connectivity index (χ2n) is 15.3. The molecule has 0 radical (unpaired) electrons. The van der Waals surface area contributed by atoms with Crippen LogP contribution >= 0.6 is 0 Å². The van der Waals surface area contributed by atoms with Crippen LogP contribution in [0.1, 0.15) is 0 Å². The summed E-state index contributed by atoms with van der Waals surface area (Å²) in [5, 5.41) is 7.91. The van der Waals surface area contributed by atoms with Crippen LogP contribution in [0.15, 0.2) is 261 Å². The highest BCUT2D eigenvalue weighted by molar-refractivity contribution is 7.20. The Kier molecular flexibility index (Phi) is 10.0. The molecule has 0 aliphatic heterocycles. The predicted octanol–water partition coefficient (Wildman–Crippen LogP) is 12.7. The Labute approximate surface area is 354 Å². The summed E-state index contributed by atoms with van der Waals surface area (Å²) in [5.41, 5.74) is 10.4. The molecule has 284 valence electrons. The summed E-state index contributed by atoms with van der Waals surface area (Å²) in [7, 11) is -2.82. The molecule has 0 heterocycles. The zero-order chi connectivity index (χ0) is 40.1. The zero-order valence-electron chi connectivity index (χ0n) is 33.3. The fourth-order valence-corrected chi connectivity index (χ4v) is 13.7. The standard InChI is InChI=1S/C58H43NSi/c1-6-19-44(20-7-1)46-33-36-50(37-34-46)59(58-56(47-22-8-2-9-23-47)31-18-32-57(58)48-24-10-3-11-25-48)51-38-41-54(42-39-51)60(52-27-12-4-13-28-52,53-29-14-5-15-30-53)55-40-35-45-21-16-17-26-49(45)43-55/h1-43H. The van der Waals surface area contributed by atoms with Crippen molar-refractivity contribution in [2.24, 2.45) is 0 Å². The first-order valence-electron chi connectivity index (χ1n) is 20.7. The van der Waals surface area contributed by atoms with Gasteiger partial charge < -0.3 is 4.90 Å². The first-order valence-corrected chi connectivity index (χ1v) is 22.7. The molecular weight excluding hydrogens is 739 g/mol. The third-order valence-electron chi connectivity index (χ3n) is 11.8. The molecule has 1 nitrogen and oxygen atoms in total. The molecule has 60 heavy (non-hydrogen) atoms. The summed E-state index contributed by atoms with van der Waals surface area (Å²) in [5.74, 6) is 0. The van der Waals surface area contributed by atoms with Gasteiger partial charge in [-0.3, -0.25) is 0 Å². The van der Waals surface area contributed by atoms with Gasteiger partial charge in [0.2, 0.25) is 0 Å². The summed E-state index contributed by atoms with van der Waals surface area (Å²) in [4.78, 5) is 2.47. The summed E-state index contributed by atoms with van der Waals surface area (Å²) < 4.78 is 0. The van der Waals surface area contributed by atoms with Crippen molar-refractivity contribution in [2.45, 2.75) is 0 Å². The van der Waals surface area contributed by atoms with Crippen molar-refractivity contribution in [1.29, 1.82) is 0 Å². The molecule has 0 unspecified atom stereocenters. The number of para-hydroxylation sites is 1. The lowest BCUT2D eigenvalue weighted by atomic mass is 9.94. The van der Waals surface area contributed by atoms with Crippen LogP contribution in [-0.2, 0) is 0 Å². The van der Waals surface area contributed by atoms with Gasteiger partial charge in [-0.15, -0.1) is 0 Å². The Morgan fingerprint density at radius 1 is 0.250 bits per heavy atom. The van der Waals surface area contributed by atoms with Crippen molar-refractivity contribution in [3.05, 3.63) is 261 Å². The van der Waals surface area contributed by atoms with E-state index in [1.54, 1.807) is 0 Å². The molecule has 0 aliphatic carbocycles. The van der Waals surface area contributed by atoms with Crippen LogP contribution in [-0.4, -0.2) is 8.07 Å². The number of fused-ring (bicyclic) bond motifs is 1. The number of hydrogen-bond donors (Lipinski definition) is 0. The summed E-state index contributed by atoms with van der Waals surface area (Å²) in [6.07, 6.45) is 0. The number of benzene rings is 10. The van der Waals surface area contributed by atoms with Crippen LogP contribution < -0.4 is 25.6 Å². The Morgan fingerprint density at radius 3 is 1.15 bits per heavy atom. The number of hydrogen-bond acceptors (Lipinski definition) is 1. The van der Waals surface area contributed by atoms with E-state index in [4.69, 9.17) is 0 Å². The average molecular weight is 782 g/mol. The van der Waals surface area contributed by atoms with Gasteiger partial charge in [-0.05, 0) is 78.0 Å². The molecule has 0 aromatic heterocycles. The highest BCUT2D eigenvalue weighted by Gasteiger charge is 2.41. The van der Waals surface area contributed by atoms with E-state index >= 15 is 0 Å². The van der Waals surface area contributed by atoms with Gasteiger partial charge in [-0.2, -0.15) is 0 Å². The van der Waals surface area contributed by atoms with E-state index in [1.807, 2.05) is 0 Å². The van der Waals surface area contributed by atoms with Gasteiger partial charge in [0, 0.05) is 22.5 Å². The maximum absolute atomic E-state index is 2.82. The third kappa shape index (κ3) is 6.83. The van der Waals surface area contributed by atoms with Gasteiger partial charge in [-0.25, -0.2) is 0 Å². The van der Waals surface area contributed by atoms with E-state index in [2.05, 4.69) is 266 Å². The Bertz CT molecular complexity index is 2890. The molecule has 2 heteroatoms. The number of rotatable bonds is 10. The predicted molar refractivity (Wildman–Crippen MR) is 259 cm³/mol. The van der Waals surface area contributed by atoms with Crippen LogP contribution in [0.3, 0.4) is 0 Å². The first-order chi connectivity index (χ1) is 29.8. The molecule has 0 fully saturated rings. The summed E-state index contributed by atoms with van der Waals surface area (Å²) >= 11 is 0. The van der Waals surface area contributed by atoms with E-state index in [0.717, 1.165) is 17.1 Å². The lowest BCUT2D eigenvalue weighted by molar-refractivity contribution is 1.28. The van der Waals surface area contributed by atoms with Crippen molar-refractivity contribution >= 4 is 56.7 Å². The molecular formula is C58H43NSi. The van der Waals surface area contributed by atoms with Gasteiger partial charge >= 0.3 is 0 Å². The van der Waals surface area contributed by atoms with E-state index in [-0.39, 0.29) is 0 Å². The van der Waals surface area contributed by atoms with Gasteiger partial charge in [0.25, 0.3) is 0 Å². The molecule has 10 aromatic rings. The molecule has 10 rings (SSSR count). The quantitative estimate of drug-likeness (QED) is 0.0987. The average Bonchev–Trinajstić information content (AvgIpc) is 3.34. The molecule has 0 amide bonds. The second-order valence-corrected chi connectivity index (χ2v) is 19.1. The first kappa shape index (κ1) is 36.8. The van der Waals surface area contributed by atoms with Crippen LogP contribution in [0.2, 0.25) is 0 Å². The Balaban J connectivity index is 1.22. The normalized spacial score (nSPS) is 11.3. The maximum atomic E-state index is 2.47. The molecule has 0 atom stereocenters. The summed E-state index contributed by atoms with van der Waals surface area (Å²) in [6, 6.07) is 95.8. The number of nitrogens with zero attached hydrogens (tertiary/aromatic N) is 1. The monoisotopic (exact) mass is 781 g/mol. The highest BCUT2D eigenvalue weighted by Crippen LogP contribution is 2.46. The minimum Gasteiger partial charge on any atom is -0.309 e. The fraction of sp³-hybridized carbons (Fsp3) is 0. The molecule has 0 N–H and O–H groups in total. The fourth-order valence-electron chi connectivity index (χ4n) is 8.99. The summed E-state index contributed by atoms with van der Waals surface area (Å²) in [6.45, 7) is 0. The van der Waals surface area contributed by atoms with Crippen molar-refractivity contribution in [3.8, 4) is 33.4 Å². The lowest BCUT2D eigenvalue weighted by Gasteiger charge is -2.35. The van der Waals surface area contributed by atoms with E-state index < -0.39 is 8.07 Å². The Hall–Kier alpha value is -7.52. The zero-order valence-corrected chi connectivity index (χ0v) is 34.3. The molecule has 0 aliphatic rings. The smallest absolute Gasteiger partial charge is 0.179 e. The maximum Gasteiger partial charge on any atom is 0.179 e. The molecule has 0 saturated heterocycles. The minimum absolute atomic E-state index is 1.09. The second kappa shape index (κ2) is 16.4. The van der Waals surface area contributed by atoms with Crippen molar-refractivity contribution < 1.29 is 0 Å². The van der Waals surface area contributed by atoms with E-state index in [0.29, 0.717) is 0 Å². The van der Waals surface area contributed by atoms with Crippen molar-refractivity contribution in [3.63, 3.8) is 0 Å². The lowest BCUT2D eigenvalue weighted by Crippen LogP contribution is -2.74. The molecule has 0 spiro atoms. The minimum atomic E-state index is -2.82.